The van der Waals surface area contributed by atoms with Crippen LogP contribution in [-0.2, 0) is 6.18 Å². The largest absolute Gasteiger partial charge is 0.416 e. The Morgan fingerprint density at radius 3 is 2.53 bits per heavy atom. The molecule has 0 spiro atoms. The van der Waals surface area contributed by atoms with Gasteiger partial charge in [0.25, 0.3) is 0 Å². The monoisotopic (exact) mass is 276 g/mol. The average Bonchev–Trinajstić information content (AvgIpc) is 2.33. The molecule has 1 aromatic carbocycles. The van der Waals surface area contributed by atoms with Gasteiger partial charge in [0.2, 0.25) is 0 Å². The second-order valence-electron chi connectivity index (χ2n) is 3.77. The molecular weight excluding hydrogens is 265 g/mol. The van der Waals surface area contributed by atoms with Crippen LogP contribution in [0.25, 0.3) is 10.4 Å². The van der Waals surface area contributed by atoms with Crippen molar-refractivity contribution in [2.75, 3.05) is 12.3 Å². The SMILES string of the molecule is [N-]=[N+]=NCC(O)C(O)c1cc(N)ccc1C(F)(F)F. The van der Waals surface area contributed by atoms with Crippen molar-refractivity contribution in [3.8, 4) is 0 Å². The van der Waals surface area contributed by atoms with Gasteiger partial charge >= 0.3 is 6.18 Å². The maximum absolute atomic E-state index is 12.7. The molecular formula is C10H11F3N4O2. The van der Waals surface area contributed by atoms with E-state index in [1.54, 1.807) is 0 Å². The molecule has 0 aliphatic rings. The van der Waals surface area contributed by atoms with Crippen LogP contribution in [0, 0.1) is 0 Å². The maximum Gasteiger partial charge on any atom is 0.416 e. The van der Waals surface area contributed by atoms with E-state index in [0.29, 0.717) is 6.07 Å². The van der Waals surface area contributed by atoms with Crippen LogP contribution in [0.1, 0.15) is 17.2 Å². The van der Waals surface area contributed by atoms with Crippen molar-refractivity contribution in [3.63, 3.8) is 0 Å². The summed E-state index contributed by atoms with van der Waals surface area (Å²) >= 11 is 0. The summed E-state index contributed by atoms with van der Waals surface area (Å²) in [5.41, 5.74) is 11.8. The van der Waals surface area contributed by atoms with Crippen molar-refractivity contribution < 1.29 is 23.4 Å². The lowest BCUT2D eigenvalue weighted by molar-refractivity contribution is -0.139. The molecule has 9 heteroatoms. The van der Waals surface area contributed by atoms with Crippen LogP contribution in [0.2, 0.25) is 0 Å². The zero-order chi connectivity index (χ0) is 14.6. The third kappa shape index (κ3) is 3.75. The van der Waals surface area contributed by atoms with E-state index in [2.05, 4.69) is 10.0 Å². The smallest absolute Gasteiger partial charge is 0.399 e. The number of halogens is 3. The van der Waals surface area contributed by atoms with E-state index >= 15 is 0 Å². The second kappa shape index (κ2) is 5.79. The average molecular weight is 276 g/mol. The number of nitrogens with zero attached hydrogens (tertiary/aromatic N) is 3. The first-order valence-electron chi connectivity index (χ1n) is 5.11. The molecule has 19 heavy (non-hydrogen) atoms. The van der Waals surface area contributed by atoms with Gasteiger partial charge in [0.1, 0.15) is 6.10 Å². The van der Waals surface area contributed by atoms with Gasteiger partial charge in [-0.15, -0.1) is 0 Å². The summed E-state index contributed by atoms with van der Waals surface area (Å²) in [5.74, 6) is 0. The second-order valence-corrected chi connectivity index (χ2v) is 3.77. The van der Waals surface area contributed by atoms with Crippen molar-refractivity contribution in [1.82, 2.24) is 0 Å². The fraction of sp³-hybridized carbons (Fsp3) is 0.400. The lowest BCUT2D eigenvalue weighted by atomic mass is 9.97. The highest BCUT2D eigenvalue weighted by Gasteiger charge is 2.36. The number of aliphatic hydroxyl groups is 2. The summed E-state index contributed by atoms with van der Waals surface area (Å²) < 4.78 is 38.2. The molecule has 0 radical (unpaired) electrons. The van der Waals surface area contributed by atoms with Crippen LogP contribution in [0.15, 0.2) is 23.3 Å². The molecule has 0 saturated carbocycles. The molecule has 0 aliphatic carbocycles. The summed E-state index contributed by atoms with van der Waals surface area (Å²) in [5, 5.41) is 22.1. The molecule has 2 atom stereocenters. The van der Waals surface area contributed by atoms with Crippen LogP contribution < -0.4 is 5.73 Å². The van der Waals surface area contributed by atoms with Crippen molar-refractivity contribution >= 4 is 5.69 Å². The summed E-state index contributed by atoms with van der Waals surface area (Å²) in [4.78, 5) is 2.35. The number of benzene rings is 1. The Labute approximate surface area is 105 Å². The van der Waals surface area contributed by atoms with Crippen LogP contribution in [0.3, 0.4) is 0 Å². The Bertz CT molecular complexity index is 500. The van der Waals surface area contributed by atoms with Crippen molar-refractivity contribution in [2.45, 2.75) is 18.4 Å². The maximum atomic E-state index is 12.7. The summed E-state index contributed by atoms with van der Waals surface area (Å²) in [7, 11) is 0. The Kier molecular flexibility index (Phi) is 4.60. The molecule has 0 bridgehead atoms. The number of nitrogen functional groups attached to an aromatic ring is 1. The van der Waals surface area contributed by atoms with E-state index in [-0.39, 0.29) is 5.69 Å². The number of hydrogen-bond acceptors (Lipinski definition) is 4. The number of aliphatic hydroxyl groups excluding tert-OH is 2. The first-order valence-corrected chi connectivity index (χ1v) is 5.11. The minimum atomic E-state index is -4.69. The van der Waals surface area contributed by atoms with Gasteiger partial charge < -0.3 is 15.9 Å². The standard InChI is InChI=1S/C10H11F3N4O2/c11-10(12,13)7-2-1-5(14)3-6(7)9(19)8(18)4-16-17-15/h1-3,8-9,18-19H,4,14H2. The number of hydrogen-bond donors (Lipinski definition) is 3. The van der Waals surface area contributed by atoms with Gasteiger partial charge in [-0.25, -0.2) is 0 Å². The predicted octanol–water partition coefficient (Wildman–Crippen LogP) is 1.99. The highest BCUT2D eigenvalue weighted by atomic mass is 19.4. The summed E-state index contributed by atoms with van der Waals surface area (Å²) in [6, 6.07) is 2.68. The lowest BCUT2D eigenvalue weighted by Crippen LogP contribution is -2.24. The highest BCUT2D eigenvalue weighted by Crippen LogP contribution is 2.36. The molecule has 6 nitrogen and oxygen atoms in total. The van der Waals surface area contributed by atoms with Gasteiger partial charge in [0, 0.05) is 10.6 Å². The lowest BCUT2D eigenvalue weighted by Gasteiger charge is -2.21. The fourth-order valence-electron chi connectivity index (χ4n) is 1.51. The van der Waals surface area contributed by atoms with Gasteiger partial charge in [-0.05, 0) is 29.3 Å². The number of azide groups is 1. The van der Waals surface area contributed by atoms with E-state index in [0.717, 1.165) is 12.1 Å². The molecule has 4 N–H and O–H groups in total. The molecule has 104 valence electrons. The Morgan fingerprint density at radius 2 is 2.00 bits per heavy atom. The number of rotatable bonds is 4. The van der Waals surface area contributed by atoms with Gasteiger partial charge in [0.05, 0.1) is 18.2 Å². The quantitative estimate of drug-likeness (QED) is 0.338. The molecule has 0 saturated heterocycles. The first kappa shape index (κ1) is 15.1. The summed E-state index contributed by atoms with van der Waals surface area (Å²) in [6.45, 7) is -0.552. The van der Waals surface area contributed by atoms with Crippen LogP contribution in [0.5, 0.6) is 0 Å². The van der Waals surface area contributed by atoms with Gasteiger partial charge in [-0.1, -0.05) is 5.11 Å². The van der Waals surface area contributed by atoms with Crippen LogP contribution in [0.4, 0.5) is 18.9 Å². The highest BCUT2D eigenvalue weighted by molar-refractivity contribution is 5.47. The zero-order valence-corrected chi connectivity index (χ0v) is 9.54. The third-order valence-corrected chi connectivity index (χ3v) is 2.40. The van der Waals surface area contributed by atoms with Crippen LogP contribution in [-0.4, -0.2) is 22.9 Å². The Balaban J connectivity index is 3.17. The summed E-state index contributed by atoms with van der Waals surface area (Å²) in [6.07, 6.45) is -8.20. The molecule has 2 unspecified atom stereocenters. The van der Waals surface area contributed by atoms with Crippen molar-refractivity contribution in [2.24, 2.45) is 5.11 Å². The first-order chi connectivity index (χ1) is 8.77. The Hall–Kier alpha value is -1.96. The molecule has 0 aromatic heterocycles. The Morgan fingerprint density at radius 1 is 1.37 bits per heavy atom. The minimum Gasteiger partial charge on any atom is -0.399 e. The van der Waals surface area contributed by atoms with Crippen molar-refractivity contribution in [1.29, 1.82) is 0 Å². The third-order valence-electron chi connectivity index (χ3n) is 2.40. The number of alkyl halides is 3. The minimum absolute atomic E-state index is 0.0121. The van der Waals surface area contributed by atoms with E-state index in [4.69, 9.17) is 11.3 Å². The predicted molar refractivity (Wildman–Crippen MR) is 60.8 cm³/mol. The van der Waals surface area contributed by atoms with Crippen LogP contribution >= 0.6 is 0 Å². The topological polar surface area (TPSA) is 115 Å². The van der Waals surface area contributed by atoms with E-state index in [1.165, 1.54) is 0 Å². The molecule has 0 heterocycles. The normalized spacial score (nSPS) is 14.6. The molecule has 0 aliphatic heterocycles. The van der Waals surface area contributed by atoms with Gasteiger partial charge in [-0.3, -0.25) is 0 Å². The number of anilines is 1. The van der Waals surface area contributed by atoms with Gasteiger partial charge in [-0.2, -0.15) is 13.2 Å². The zero-order valence-electron chi connectivity index (χ0n) is 9.54. The molecule has 1 rings (SSSR count). The van der Waals surface area contributed by atoms with E-state index < -0.39 is 36.1 Å². The molecule has 0 amide bonds. The molecule has 0 fully saturated rings. The number of nitrogens with two attached hydrogens (primary N) is 1. The van der Waals surface area contributed by atoms with Crippen molar-refractivity contribution in [3.05, 3.63) is 39.8 Å². The fourth-order valence-corrected chi connectivity index (χ4v) is 1.51. The van der Waals surface area contributed by atoms with Gasteiger partial charge in [0.15, 0.2) is 0 Å². The van der Waals surface area contributed by atoms with E-state index in [9.17, 15) is 23.4 Å². The van der Waals surface area contributed by atoms with E-state index in [1.807, 2.05) is 0 Å². The molecule has 1 aromatic rings.